The van der Waals surface area contributed by atoms with Gasteiger partial charge < -0.3 is 4.79 Å². The maximum atomic E-state index is 10.3. The molecule has 0 N–H and O–H groups in total. The molecule has 1 aromatic rings. The maximum Gasteiger partial charge on any atom is 0.122 e. The number of aromatic nitrogens is 2. The first-order valence-corrected chi connectivity index (χ1v) is 4.16. The molecule has 0 aliphatic rings. The molecule has 1 aromatic heterocycles. The van der Waals surface area contributed by atoms with Crippen LogP contribution in [-0.2, 0) is 18.3 Å². The van der Waals surface area contributed by atoms with Gasteiger partial charge in [0, 0.05) is 19.2 Å². The Bertz CT molecular complexity index is 255. The van der Waals surface area contributed by atoms with Gasteiger partial charge in [-0.2, -0.15) is 5.10 Å². The molecule has 0 aliphatic carbocycles. The summed E-state index contributed by atoms with van der Waals surface area (Å²) in [6, 6.07) is 1.98. The third kappa shape index (κ3) is 2.49. The Hall–Kier alpha value is -1.12. The lowest BCUT2D eigenvalue weighted by Gasteiger charge is -1.99. The molecule has 0 saturated heterocycles. The van der Waals surface area contributed by atoms with Crippen molar-refractivity contribution in [3.05, 3.63) is 18.0 Å². The molecule has 0 radical (unpaired) electrons. The molecular weight excluding hydrogens is 152 g/mol. The summed E-state index contributed by atoms with van der Waals surface area (Å²) in [6.45, 7) is 1.93. The molecule has 0 saturated carbocycles. The Balaban J connectivity index is 2.37. The highest BCUT2D eigenvalue weighted by molar-refractivity contribution is 5.52. The molecule has 0 aliphatic heterocycles. The lowest BCUT2D eigenvalue weighted by Crippen LogP contribution is -1.99. The number of aldehydes is 1. The Morgan fingerprint density at radius 1 is 1.75 bits per heavy atom. The number of rotatable bonds is 4. The molecular formula is C9H14N2O. The van der Waals surface area contributed by atoms with Crippen molar-refractivity contribution in [2.24, 2.45) is 13.0 Å². The predicted molar refractivity (Wildman–Crippen MR) is 46.8 cm³/mol. The van der Waals surface area contributed by atoms with Crippen molar-refractivity contribution in [3.63, 3.8) is 0 Å². The van der Waals surface area contributed by atoms with E-state index in [-0.39, 0.29) is 5.92 Å². The second-order valence-electron chi connectivity index (χ2n) is 3.13. The average molecular weight is 166 g/mol. The molecule has 0 bridgehead atoms. The highest BCUT2D eigenvalue weighted by Gasteiger charge is 2.01. The van der Waals surface area contributed by atoms with Crippen molar-refractivity contribution in [3.8, 4) is 0 Å². The van der Waals surface area contributed by atoms with Crippen molar-refractivity contribution < 1.29 is 4.79 Å². The molecule has 0 amide bonds. The number of carbonyl (C=O) groups excluding carboxylic acids is 1. The minimum atomic E-state index is 0.145. The summed E-state index contributed by atoms with van der Waals surface area (Å²) < 4.78 is 1.78. The molecule has 0 spiro atoms. The second-order valence-corrected chi connectivity index (χ2v) is 3.13. The third-order valence-corrected chi connectivity index (χ3v) is 1.86. The van der Waals surface area contributed by atoms with Crippen LogP contribution in [0.4, 0.5) is 0 Å². The van der Waals surface area contributed by atoms with Crippen LogP contribution in [-0.4, -0.2) is 16.1 Å². The van der Waals surface area contributed by atoms with Crippen molar-refractivity contribution >= 4 is 6.29 Å². The van der Waals surface area contributed by atoms with Gasteiger partial charge in [-0.1, -0.05) is 6.92 Å². The summed E-state index contributed by atoms with van der Waals surface area (Å²) in [7, 11) is 1.90. The Morgan fingerprint density at radius 2 is 2.50 bits per heavy atom. The zero-order valence-corrected chi connectivity index (χ0v) is 7.53. The number of hydrogen-bond donors (Lipinski definition) is 0. The standard InChI is InChI=1S/C9H14N2O/c1-8(7-12)3-4-9-5-6-11(2)10-9/h5-8H,3-4H2,1-2H3. The molecule has 3 heteroatoms. The van der Waals surface area contributed by atoms with Crippen LogP contribution in [0.5, 0.6) is 0 Å². The molecule has 66 valence electrons. The van der Waals surface area contributed by atoms with Gasteiger partial charge in [0.1, 0.15) is 6.29 Å². The van der Waals surface area contributed by atoms with E-state index >= 15 is 0 Å². The summed E-state index contributed by atoms with van der Waals surface area (Å²) >= 11 is 0. The normalized spacial score (nSPS) is 12.8. The average Bonchev–Trinajstić information content (AvgIpc) is 2.47. The third-order valence-electron chi connectivity index (χ3n) is 1.86. The van der Waals surface area contributed by atoms with Gasteiger partial charge in [-0.25, -0.2) is 0 Å². The molecule has 0 aromatic carbocycles. The molecule has 0 fully saturated rings. The highest BCUT2D eigenvalue weighted by Crippen LogP contribution is 2.04. The summed E-state index contributed by atoms with van der Waals surface area (Å²) in [5.41, 5.74) is 1.06. The van der Waals surface area contributed by atoms with Crippen molar-refractivity contribution in [2.75, 3.05) is 0 Å². The minimum absolute atomic E-state index is 0.145. The van der Waals surface area contributed by atoms with Gasteiger partial charge in [0.15, 0.2) is 0 Å². The van der Waals surface area contributed by atoms with E-state index in [0.717, 1.165) is 24.8 Å². The van der Waals surface area contributed by atoms with E-state index in [1.54, 1.807) is 4.68 Å². The fourth-order valence-corrected chi connectivity index (χ4v) is 1.04. The highest BCUT2D eigenvalue weighted by atomic mass is 16.1. The second kappa shape index (κ2) is 4.04. The summed E-state index contributed by atoms with van der Waals surface area (Å²) in [5.74, 6) is 0.145. The fraction of sp³-hybridized carbons (Fsp3) is 0.556. The SMILES string of the molecule is CC(C=O)CCc1ccn(C)n1. The molecule has 12 heavy (non-hydrogen) atoms. The van der Waals surface area contributed by atoms with Gasteiger partial charge in [0.2, 0.25) is 0 Å². The molecule has 1 rings (SSSR count). The van der Waals surface area contributed by atoms with Crippen LogP contribution in [0.1, 0.15) is 19.0 Å². The minimum Gasteiger partial charge on any atom is -0.303 e. The Morgan fingerprint density at radius 3 is 3.00 bits per heavy atom. The zero-order valence-electron chi connectivity index (χ0n) is 7.53. The summed E-state index contributed by atoms with van der Waals surface area (Å²) in [6.07, 6.45) is 4.69. The smallest absolute Gasteiger partial charge is 0.122 e. The van der Waals surface area contributed by atoms with Crippen LogP contribution in [0.25, 0.3) is 0 Å². The van der Waals surface area contributed by atoms with Crippen molar-refractivity contribution in [1.82, 2.24) is 9.78 Å². The summed E-state index contributed by atoms with van der Waals surface area (Å²) in [4.78, 5) is 10.3. The van der Waals surface area contributed by atoms with Crippen LogP contribution in [0.15, 0.2) is 12.3 Å². The van der Waals surface area contributed by atoms with Gasteiger partial charge in [0.05, 0.1) is 5.69 Å². The molecule has 1 heterocycles. The topological polar surface area (TPSA) is 34.9 Å². The number of nitrogens with zero attached hydrogens (tertiary/aromatic N) is 2. The maximum absolute atomic E-state index is 10.3. The number of carbonyl (C=O) groups is 1. The van der Waals surface area contributed by atoms with E-state index in [2.05, 4.69) is 5.10 Å². The quantitative estimate of drug-likeness (QED) is 0.630. The molecule has 1 atom stereocenters. The van der Waals surface area contributed by atoms with Gasteiger partial charge >= 0.3 is 0 Å². The first-order valence-electron chi connectivity index (χ1n) is 4.16. The molecule has 1 unspecified atom stereocenters. The lowest BCUT2D eigenvalue weighted by molar-refractivity contribution is -0.110. The van der Waals surface area contributed by atoms with Crippen LogP contribution >= 0.6 is 0 Å². The van der Waals surface area contributed by atoms with Gasteiger partial charge in [-0.3, -0.25) is 4.68 Å². The molecule has 3 nitrogen and oxygen atoms in total. The van der Waals surface area contributed by atoms with E-state index in [4.69, 9.17) is 0 Å². The van der Waals surface area contributed by atoms with Gasteiger partial charge in [-0.15, -0.1) is 0 Å². The van der Waals surface area contributed by atoms with Crippen LogP contribution in [0.2, 0.25) is 0 Å². The van der Waals surface area contributed by atoms with Crippen LogP contribution in [0.3, 0.4) is 0 Å². The van der Waals surface area contributed by atoms with Gasteiger partial charge in [-0.05, 0) is 18.9 Å². The van der Waals surface area contributed by atoms with Gasteiger partial charge in [0.25, 0.3) is 0 Å². The van der Waals surface area contributed by atoms with Crippen molar-refractivity contribution in [2.45, 2.75) is 19.8 Å². The van der Waals surface area contributed by atoms with Crippen LogP contribution < -0.4 is 0 Å². The summed E-state index contributed by atoms with van der Waals surface area (Å²) in [5, 5.41) is 4.22. The first-order chi connectivity index (χ1) is 5.72. The van der Waals surface area contributed by atoms with E-state index < -0.39 is 0 Å². The van der Waals surface area contributed by atoms with E-state index in [1.165, 1.54) is 0 Å². The van der Waals surface area contributed by atoms with E-state index in [9.17, 15) is 4.79 Å². The Kier molecular flexibility index (Phi) is 3.02. The predicted octanol–water partition coefficient (Wildman–Crippen LogP) is 1.19. The first kappa shape index (κ1) is 8.97. The fourth-order valence-electron chi connectivity index (χ4n) is 1.04. The van der Waals surface area contributed by atoms with Crippen LogP contribution in [0, 0.1) is 5.92 Å². The number of hydrogen-bond acceptors (Lipinski definition) is 2. The van der Waals surface area contributed by atoms with E-state index in [1.807, 2.05) is 26.2 Å². The van der Waals surface area contributed by atoms with E-state index in [0.29, 0.717) is 0 Å². The lowest BCUT2D eigenvalue weighted by atomic mass is 10.1. The zero-order chi connectivity index (χ0) is 8.97. The largest absolute Gasteiger partial charge is 0.303 e. The van der Waals surface area contributed by atoms with Crippen molar-refractivity contribution in [1.29, 1.82) is 0 Å². The Labute approximate surface area is 72.4 Å². The number of aryl methyl sites for hydroxylation is 2. The monoisotopic (exact) mass is 166 g/mol.